The second-order valence-corrected chi connectivity index (χ2v) is 6.19. The van der Waals surface area contributed by atoms with Crippen LogP contribution in [-0.2, 0) is 24.3 Å². The molecule has 0 aliphatic carbocycles. The molecule has 2 N–H and O–H groups in total. The molecule has 0 bridgehead atoms. The van der Waals surface area contributed by atoms with Crippen molar-refractivity contribution in [3.05, 3.63) is 17.2 Å². The van der Waals surface area contributed by atoms with Gasteiger partial charge in [0.15, 0.2) is 10.9 Å². The fraction of sp³-hybridized carbons (Fsp3) is 0.300. The van der Waals surface area contributed by atoms with Gasteiger partial charge in [-0.05, 0) is 13.0 Å². The number of hydrogen-bond acceptors (Lipinski definition) is 7. The highest BCUT2D eigenvalue weighted by Crippen LogP contribution is 2.20. The number of anilines is 1. The Labute approximate surface area is 119 Å². The first kappa shape index (κ1) is 16.1. The number of hydrogen-bond donors (Lipinski definition) is 2. The van der Waals surface area contributed by atoms with Gasteiger partial charge in [-0.3, -0.25) is 9.52 Å². The molecule has 0 unspecified atom stereocenters. The predicted molar refractivity (Wildman–Crippen MR) is 72.8 cm³/mol. The topological polar surface area (TPSA) is 123 Å². The molecule has 1 rings (SSSR count). The molecule has 8 nitrogen and oxygen atoms in total. The fourth-order valence-corrected chi connectivity index (χ4v) is 2.99. The number of aromatic nitrogens is 1. The molecule has 1 heterocycles. The van der Waals surface area contributed by atoms with Gasteiger partial charge in [-0.25, -0.2) is 18.2 Å². The number of ether oxygens (including phenoxy) is 1. The highest BCUT2D eigenvalue weighted by Gasteiger charge is 2.18. The van der Waals surface area contributed by atoms with Gasteiger partial charge in [0.2, 0.25) is 10.0 Å². The molecule has 1 aromatic heterocycles. The maximum atomic E-state index is 11.6. The van der Waals surface area contributed by atoms with Gasteiger partial charge in [-0.1, -0.05) is 11.3 Å². The lowest BCUT2D eigenvalue weighted by molar-refractivity contribution is -0.140. The van der Waals surface area contributed by atoms with Crippen LogP contribution in [0.15, 0.2) is 12.3 Å². The molecule has 0 spiro atoms. The third kappa shape index (κ3) is 5.80. The quantitative estimate of drug-likeness (QED) is 0.555. The molecule has 0 radical (unpaired) electrons. The van der Waals surface area contributed by atoms with Crippen LogP contribution in [0.3, 0.4) is 0 Å². The Morgan fingerprint density at radius 2 is 2.25 bits per heavy atom. The van der Waals surface area contributed by atoms with Crippen LogP contribution in [0.5, 0.6) is 0 Å². The second-order valence-electron chi connectivity index (χ2n) is 3.41. The van der Waals surface area contributed by atoms with Gasteiger partial charge in [0, 0.05) is 17.2 Å². The van der Waals surface area contributed by atoms with Crippen LogP contribution in [0, 0.1) is 0 Å². The predicted octanol–water partition coefficient (Wildman–Crippen LogP) is 0.546. The number of sulfonamides is 1. The van der Waals surface area contributed by atoms with Crippen LogP contribution in [0.2, 0.25) is 0 Å². The van der Waals surface area contributed by atoms with E-state index in [2.05, 4.69) is 14.4 Å². The average Bonchev–Trinajstić information content (AvgIpc) is 2.72. The highest BCUT2D eigenvalue weighted by atomic mass is 32.2. The fourth-order valence-electron chi connectivity index (χ4n) is 1.09. The molecule has 0 fully saturated rings. The smallest absolute Gasteiger partial charge is 0.328 e. The average molecular weight is 320 g/mol. The van der Waals surface area contributed by atoms with E-state index in [0.717, 1.165) is 17.4 Å². The normalized spacial score (nSPS) is 11.4. The molecule has 110 valence electrons. The van der Waals surface area contributed by atoms with Crippen LogP contribution >= 0.6 is 11.3 Å². The van der Waals surface area contributed by atoms with E-state index in [1.54, 1.807) is 6.92 Å². The van der Waals surface area contributed by atoms with Crippen LogP contribution < -0.4 is 4.72 Å². The maximum absolute atomic E-state index is 11.6. The van der Waals surface area contributed by atoms with Crippen molar-refractivity contribution in [1.82, 2.24) is 4.98 Å². The second kappa shape index (κ2) is 7.01. The maximum Gasteiger partial charge on any atom is 0.328 e. The summed E-state index contributed by atoms with van der Waals surface area (Å²) in [6, 6.07) is 0. The summed E-state index contributed by atoms with van der Waals surface area (Å²) in [5.74, 6) is -2.79. The Balaban J connectivity index is 2.68. The monoisotopic (exact) mass is 320 g/mol. The van der Waals surface area contributed by atoms with E-state index in [0.29, 0.717) is 4.88 Å². The SMILES string of the molecule is CCOC(=O)CS(=O)(=O)Nc1ncc(C=CC(=O)O)s1. The van der Waals surface area contributed by atoms with Crippen molar-refractivity contribution >= 4 is 44.5 Å². The molecule has 0 saturated carbocycles. The van der Waals surface area contributed by atoms with Crippen molar-refractivity contribution in [2.24, 2.45) is 0 Å². The summed E-state index contributed by atoms with van der Waals surface area (Å²) in [5, 5.41) is 8.49. The lowest BCUT2D eigenvalue weighted by Gasteiger charge is -2.04. The Bertz CT molecular complexity index is 619. The van der Waals surface area contributed by atoms with Gasteiger partial charge in [-0.2, -0.15) is 0 Å². The van der Waals surface area contributed by atoms with E-state index in [-0.39, 0.29) is 11.7 Å². The van der Waals surface area contributed by atoms with Crippen molar-refractivity contribution in [3.8, 4) is 0 Å². The Morgan fingerprint density at radius 3 is 2.85 bits per heavy atom. The van der Waals surface area contributed by atoms with Gasteiger partial charge in [0.1, 0.15) is 0 Å². The van der Waals surface area contributed by atoms with E-state index in [1.165, 1.54) is 12.3 Å². The van der Waals surface area contributed by atoms with E-state index < -0.39 is 27.7 Å². The number of nitrogens with zero attached hydrogens (tertiary/aromatic N) is 1. The summed E-state index contributed by atoms with van der Waals surface area (Å²) in [7, 11) is -3.89. The van der Waals surface area contributed by atoms with E-state index >= 15 is 0 Å². The van der Waals surface area contributed by atoms with Crippen molar-refractivity contribution in [2.75, 3.05) is 17.1 Å². The number of aliphatic carboxylic acids is 1. The van der Waals surface area contributed by atoms with Crippen LogP contribution in [0.25, 0.3) is 6.08 Å². The lowest BCUT2D eigenvalue weighted by Crippen LogP contribution is -2.24. The molecule has 10 heteroatoms. The van der Waals surface area contributed by atoms with Gasteiger partial charge < -0.3 is 9.84 Å². The van der Waals surface area contributed by atoms with Gasteiger partial charge in [-0.15, -0.1) is 0 Å². The molecular formula is C10H12N2O6S2. The molecular weight excluding hydrogens is 308 g/mol. The highest BCUT2D eigenvalue weighted by molar-refractivity contribution is 7.93. The zero-order valence-electron chi connectivity index (χ0n) is 10.4. The largest absolute Gasteiger partial charge is 0.478 e. The molecule has 0 aliphatic rings. The van der Waals surface area contributed by atoms with Crippen LogP contribution in [-0.4, -0.2) is 42.8 Å². The minimum Gasteiger partial charge on any atom is -0.478 e. The van der Waals surface area contributed by atoms with Crippen LogP contribution in [0.4, 0.5) is 5.13 Å². The number of rotatable bonds is 7. The number of nitrogens with one attached hydrogen (secondary N) is 1. The molecule has 20 heavy (non-hydrogen) atoms. The Kier molecular flexibility index (Phi) is 5.65. The number of thiazole rings is 1. The molecule has 0 amide bonds. The number of carboxylic acids is 1. The summed E-state index contributed by atoms with van der Waals surface area (Å²) in [4.78, 5) is 25.6. The van der Waals surface area contributed by atoms with Crippen molar-refractivity contribution in [3.63, 3.8) is 0 Å². The zero-order valence-corrected chi connectivity index (χ0v) is 12.0. The van der Waals surface area contributed by atoms with Crippen molar-refractivity contribution in [1.29, 1.82) is 0 Å². The number of carbonyl (C=O) groups is 2. The first-order chi connectivity index (χ1) is 9.32. The minimum absolute atomic E-state index is 0.0411. The summed E-state index contributed by atoms with van der Waals surface area (Å²) >= 11 is 0.939. The summed E-state index contributed by atoms with van der Waals surface area (Å²) in [6.45, 7) is 1.66. The van der Waals surface area contributed by atoms with Gasteiger partial charge in [0.05, 0.1) is 6.61 Å². The number of carboxylic acid groups (broad SMARTS) is 1. The van der Waals surface area contributed by atoms with Crippen molar-refractivity contribution in [2.45, 2.75) is 6.92 Å². The van der Waals surface area contributed by atoms with E-state index in [4.69, 9.17) is 5.11 Å². The van der Waals surface area contributed by atoms with Gasteiger partial charge in [0.25, 0.3) is 0 Å². The first-order valence-electron chi connectivity index (χ1n) is 5.35. The summed E-state index contributed by atoms with van der Waals surface area (Å²) in [6.07, 6.45) is 3.50. The summed E-state index contributed by atoms with van der Waals surface area (Å²) in [5.41, 5.74) is 0. The first-order valence-corrected chi connectivity index (χ1v) is 7.82. The molecule has 1 aromatic rings. The third-order valence-corrected chi connectivity index (χ3v) is 3.90. The van der Waals surface area contributed by atoms with E-state index in [9.17, 15) is 18.0 Å². The number of esters is 1. The number of carbonyl (C=O) groups excluding carboxylic acids is 1. The van der Waals surface area contributed by atoms with Crippen molar-refractivity contribution < 1.29 is 27.9 Å². The minimum atomic E-state index is -3.89. The molecule has 0 atom stereocenters. The standard InChI is InChI=1S/C10H12N2O6S2/c1-2-18-9(15)6-20(16,17)12-10-11-5-7(19-10)3-4-8(13)14/h3-5H,2,6H2,1H3,(H,11,12)(H,13,14). The lowest BCUT2D eigenvalue weighted by atomic mass is 10.4. The molecule has 0 aromatic carbocycles. The molecule has 0 aliphatic heterocycles. The summed E-state index contributed by atoms with van der Waals surface area (Å²) < 4.78 is 29.9. The van der Waals surface area contributed by atoms with E-state index in [1.807, 2.05) is 0 Å². The third-order valence-electron chi connectivity index (χ3n) is 1.77. The Morgan fingerprint density at radius 1 is 1.55 bits per heavy atom. The van der Waals surface area contributed by atoms with Gasteiger partial charge >= 0.3 is 11.9 Å². The van der Waals surface area contributed by atoms with Crippen LogP contribution in [0.1, 0.15) is 11.8 Å². The Hall–Kier alpha value is -1.94. The zero-order chi connectivity index (χ0) is 15.2. The molecule has 0 saturated heterocycles.